The predicted octanol–water partition coefficient (Wildman–Crippen LogP) is 10.2. The number of allylic oxidation sites excluding steroid dienone is 1. The van der Waals surface area contributed by atoms with Gasteiger partial charge < -0.3 is 28.3 Å². The van der Waals surface area contributed by atoms with E-state index in [4.69, 9.17) is 18.4 Å². The third-order valence-electron chi connectivity index (χ3n) is 10.4. The van der Waals surface area contributed by atoms with Crippen molar-refractivity contribution in [1.29, 1.82) is 0 Å². The summed E-state index contributed by atoms with van der Waals surface area (Å²) in [5.74, 6) is -0.967. The Morgan fingerprint density at radius 3 is 2.21 bits per heavy atom. The second-order valence-corrected chi connectivity index (χ2v) is 20.9. The highest BCUT2D eigenvalue weighted by atomic mass is 28.4. The van der Waals surface area contributed by atoms with E-state index in [0.717, 1.165) is 16.7 Å². The molecule has 0 unspecified atom stereocenters. The van der Waals surface area contributed by atoms with Crippen LogP contribution in [0.3, 0.4) is 0 Å². The van der Waals surface area contributed by atoms with Crippen LogP contribution in [0.4, 0.5) is 4.39 Å². The second kappa shape index (κ2) is 18.9. The third kappa shape index (κ3) is 10.5. The number of esters is 1. The van der Waals surface area contributed by atoms with Crippen LogP contribution in [-0.4, -0.2) is 56.0 Å². The number of halogens is 1. The molecule has 2 heterocycles. The molecule has 5 aromatic rings. The summed E-state index contributed by atoms with van der Waals surface area (Å²) >= 11 is 0. The van der Waals surface area contributed by atoms with Gasteiger partial charge in [0.2, 0.25) is 0 Å². The summed E-state index contributed by atoms with van der Waals surface area (Å²) in [7, 11) is 0.583. The van der Waals surface area contributed by atoms with Crippen LogP contribution in [0.2, 0.25) is 18.1 Å². The Kier molecular flexibility index (Phi) is 14.2. The molecule has 58 heavy (non-hydrogen) atoms. The number of benzene rings is 3. The van der Waals surface area contributed by atoms with Crippen molar-refractivity contribution in [3.05, 3.63) is 119 Å². The summed E-state index contributed by atoms with van der Waals surface area (Å²) in [6.45, 7) is 14.9. The molecule has 0 spiro atoms. The fourth-order valence-corrected chi connectivity index (χ4v) is 7.93. The molecule has 2 aromatic heterocycles. The highest BCUT2D eigenvalue weighted by Gasteiger charge is 2.40. The zero-order valence-corrected chi connectivity index (χ0v) is 35.9. The van der Waals surface area contributed by atoms with Crippen molar-refractivity contribution in [2.45, 2.75) is 90.9 Å². The number of hydrogen-bond donors (Lipinski definition) is 1. The van der Waals surface area contributed by atoms with Crippen molar-refractivity contribution in [2.24, 2.45) is 0 Å². The molecule has 1 N–H and O–H groups in total. The number of ketones is 1. The minimum Gasteiger partial charge on any atom is -0.469 e. The molecule has 0 saturated carbocycles. The van der Waals surface area contributed by atoms with Gasteiger partial charge in [-0.15, -0.1) is 0 Å². The molecule has 0 saturated heterocycles. The lowest BCUT2D eigenvalue weighted by Gasteiger charge is -2.39. The molecule has 0 radical (unpaired) electrons. The van der Waals surface area contributed by atoms with Crippen molar-refractivity contribution < 1.29 is 37.2 Å². The fraction of sp³-hybridized carbons (Fsp3) is 0.348. The Morgan fingerprint density at radius 1 is 0.897 bits per heavy atom. The molecule has 0 aliphatic carbocycles. The van der Waals surface area contributed by atoms with Crippen LogP contribution >= 0.6 is 0 Å². The molecule has 5 rings (SSSR count). The summed E-state index contributed by atoms with van der Waals surface area (Å²) in [6.07, 6.45) is 2.36. The van der Waals surface area contributed by atoms with Crippen LogP contribution in [0.25, 0.3) is 39.7 Å². The van der Waals surface area contributed by atoms with E-state index in [1.165, 1.54) is 25.3 Å². The van der Waals surface area contributed by atoms with Crippen molar-refractivity contribution in [3.8, 4) is 33.6 Å². The topological polar surface area (TPSA) is 122 Å². The molecular formula is C46H54FN3O7Si. The van der Waals surface area contributed by atoms with Crippen LogP contribution in [0.5, 0.6) is 0 Å². The first kappa shape index (κ1) is 43.7. The Labute approximate surface area is 341 Å². The Morgan fingerprint density at radius 2 is 1.57 bits per heavy atom. The number of amides is 1. The van der Waals surface area contributed by atoms with Crippen LogP contribution in [-0.2, 0) is 36.6 Å². The molecule has 0 aliphatic heterocycles. The van der Waals surface area contributed by atoms with Gasteiger partial charge in [0.15, 0.2) is 19.9 Å². The van der Waals surface area contributed by atoms with Crippen molar-refractivity contribution in [3.63, 3.8) is 0 Å². The summed E-state index contributed by atoms with van der Waals surface area (Å²) in [5, 5.41) is 7.14. The van der Waals surface area contributed by atoms with E-state index in [9.17, 15) is 18.8 Å². The van der Waals surface area contributed by atoms with E-state index >= 15 is 0 Å². The van der Waals surface area contributed by atoms with E-state index in [1.54, 1.807) is 31.4 Å². The number of ether oxygens (including phenoxy) is 2. The number of nitrogens with zero attached hydrogens (tertiary/aromatic N) is 2. The second-order valence-electron chi connectivity index (χ2n) is 16.1. The largest absolute Gasteiger partial charge is 0.469 e. The quantitative estimate of drug-likeness (QED) is 0.0560. The normalized spacial score (nSPS) is 12.6. The van der Waals surface area contributed by atoms with Gasteiger partial charge in [-0.25, -0.2) is 4.39 Å². The summed E-state index contributed by atoms with van der Waals surface area (Å²) in [5.41, 5.74) is 5.95. The van der Waals surface area contributed by atoms with E-state index in [0.29, 0.717) is 46.1 Å². The smallest absolute Gasteiger partial charge is 0.308 e. The highest BCUT2D eigenvalue weighted by molar-refractivity contribution is 6.74. The number of methoxy groups -OCH3 is 2. The van der Waals surface area contributed by atoms with E-state index in [-0.39, 0.29) is 42.2 Å². The van der Waals surface area contributed by atoms with Crippen LogP contribution < -0.4 is 5.32 Å². The average Bonchev–Trinajstić information content (AvgIpc) is 3.80. The number of hydrogen-bond acceptors (Lipinski definition) is 8. The number of carbonyl (C=O) groups is 3. The number of nitrogens with one attached hydrogen (secondary N) is 1. The van der Waals surface area contributed by atoms with Gasteiger partial charge in [0.1, 0.15) is 17.2 Å². The standard InChI is InChI=1S/C46H54FN3O7Si/c1-30(2)50-39(23-22-37(51)26-38(27-41(52)55-7)57-58(8,9)46(3,4)5)42(33-18-20-35(47)21-19-33)43(32-15-11-10-12-16-32)44(50)45(53)48-28-36-25-40(56-49-36)34-17-13-14-31(24-34)29-54-6/h10-25,30,38H,26-29H2,1-9H3,(H,48,53)/b23-22+/t38-/m1/s1. The molecule has 1 atom stereocenters. The van der Waals surface area contributed by atoms with Gasteiger partial charge in [0.25, 0.3) is 5.91 Å². The zero-order valence-electron chi connectivity index (χ0n) is 34.9. The molecule has 0 aliphatic rings. The molecule has 1 amide bonds. The molecular weight excluding hydrogens is 754 g/mol. The number of rotatable bonds is 17. The monoisotopic (exact) mass is 807 g/mol. The molecule has 0 bridgehead atoms. The van der Waals surface area contributed by atoms with Gasteiger partial charge in [-0.3, -0.25) is 14.4 Å². The summed E-state index contributed by atoms with van der Waals surface area (Å²) in [6, 6.07) is 24.9. The lowest BCUT2D eigenvalue weighted by Crippen LogP contribution is -2.44. The van der Waals surface area contributed by atoms with Crippen molar-refractivity contribution in [1.82, 2.24) is 15.0 Å². The third-order valence-corrected chi connectivity index (χ3v) is 15.0. The minimum atomic E-state index is -2.37. The number of carbonyl (C=O) groups excluding carboxylic acids is 3. The lowest BCUT2D eigenvalue weighted by molar-refractivity contribution is -0.142. The molecule has 10 nitrogen and oxygen atoms in total. The van der Waals surface area contributed by atoms with Gasteiger partial charge >= 0.3 is 5.97 Å². The predicted molar refractivity (Wildman–Crippen MR) is 227 cm³/mol. The number of aromatic nitrogens is 2. The lowest BCUT2D eigenvalue weighted by atomic mass is 9.94. The maximum absolute atomic E-state index is 14.6. The van der Waals surface area contributed by atoms with E-state index < -0.39 is 26.2 Å². The SMILES string of the molecule is COCc1cccc(-c2cc(CNC(=O)c3c(-c4ccccc4)c(-c4ccc(F)cc4)c(/C=C/C(=O)C[C@H](CC(=O)OC)O[Si](C)(C)C(C)(C)C)n3C(C)C)no2)c1. The van der Waals surface area contributed by atoms with E-state index in [1.807, 2.05) is 73.0 Å². The van der Waals surface area contributed by atoms with Crippen molar-refractivity contribution >= 4 is 32.1 Å². The highest BCUT2D eigenvalue weighted by Crippen LogP contribution is 2.43. The first-order valence-electron chi connectivity index (χ1n) is 19.4. The summed E-state index contributed by atoms with van der Waals surface area (Å²) < 4.78 is 38.7. The minimum absolute atomic E-state index is 0.0539. The zero-order chi connectivity index (χ0) is 42.2. The van der Waals surface area contributed by atoms with Crippen LogP contribution in [0.1, 0.15) is 80.9 Å². The molecule has 12 heteroatoms. The van der Waals surface area contributed by atoms with E-state index in [2.05, 4.69) is 44.3 Å². The molecule has 0 fully saturated rings. The van der Waals surface area contributed by atoms with Gasteiger partial charge in [-0.1, -0.05) is 86.6 Å². The van der Waals surface area contributed by atoms with Gasteiger partial charge in [-0.05, 0) is 79.0 Å². The Hall–Kier alpha value is -5.43. The van der Waals surface area contributed by atoms with Crippen LogP contribution in [0.15, 0.2) is 95.5 Å². The Bertz CT molecular complexity index is 2240. The van der Waals surface area contributed by atoms with Crippen molar-refractivity contribution in [2.75, 3.05) is 14.2 Å². The Balaban J connectivity index is 1.57. The maximum atomic E-state index is 14.6. The first-order valence-corrected chi connectivity index (χ1v) is 22.3. The average molecular weight is 808 g/mol. The first-order chi connectivity index (χ1) is 27.5. The maximum Gasteiger partial charge on any atom is 0.308 e. The van der Waals surface area contributed by atoms with Gasteiger partial charge in [0, 0.05) is 42.3 Å². The fourth-order valence-electron chi connectivity index (χ4n) is 6.57. The van der Waals surface area contributed by atoms with Gasteiger partial charge in [-0.2, -0.15) is 0 Å². The van der Waals surface area contributed by atoms with Crippen LogP contribution in [0, 0.1) is 5.82 Å². The van der Waals surface area contributed by atoms with Gasteiger partial charge in [0.05, 0.1) is 38.5 Å². The molecule has 306 valence electrons. The molecule has 3 aromatic carbocycles. The summed E-state index contributed by atoms with van der Waals surface area (Å²) in [4.78, 5) is 40.9.